The van der Waals surface area contributed by atoms with Gasteiger partial charge in [0, 0.05) is 19.6 Å². The van der Waals surface area contributed by atoms with Crippen LogP contribution in [0, 0.1) is 6.92 Å². The molecular formula is C22H23N3O2S. The maximum absolute atomic E-state index is 12.9. The molecule has 1 aliphatic rings. The second-order valence-corrected chi connectivity index (χ2v) is 8.23. The van der Waals surface area contributed by atoms with E-state index < -0.39 is 0 Å². The summed E-state index contributed by atoms with van der Waals surface area (Å²) in [6.07, 6.45) is 1.99. The number of aryl methyl sites for hydroxylation is 1. The number of fused-ring (bicyclic) bond motifs is 1. The van der Waals surface area contributed by atoms with Crippen LogP contribution in [0.3, 0.4) is 0 Å². The molecule has 0 radical (unpaired) electrons. The fourth-order valence-corrected chi connectivity index (χ4v) is 4.26. The first-order valence-corrected chi connectivity index (χ1v) is 10.5. The standard InChI is InChI=1S/C22H23N3O2S/c1-15-7-3-4-8-16(15)13-24(2)20(26)14-28-22-23-19-10-6-5-9-18(19)21(27)25(22)17-11-12-17/h3-10,17H,11-14H2,1-2H3. The molecule has 1 heterocycles. The number of hydrogen-bond acceptors (Lipinski definition) is 4. The van der Waals surface area contributed by atoms with Crippen molar-refractivity contribution in [2.24, 2.45) is 0 Å². The molecule has 4 rings (SSSR count). The Morgan fingerprint density at radius 1 is 1.18 bits per heavy atom. The molecule has 3 aromatic rings. The topological polar surface area (TPSA) is 55.2 Å². The monoisotopic (exact) mass is 393 g/mol. The van der Waals surface area contributed by atoms with Crippen molar-refractivity contribution in [2.75, 3.05) is 12.8 Å². The van der Waals surface area contributed by atoms with Crippen LogP contribution in [0.4, 0.5) is 0 Å². The zero-order chi connectivity index (χ0) is 19.7. The van der Waals surface area contributed by atoms with Gasteiger partial charge in [-0.1, -0.05) is 48.2 Å². The maximum atomic E-state index is 12.9. The fraction of sp³-hybridized carbons (Fsp3) is 0.318. The predicted molar refractivity (Wildman–Crippen MR) is 113 cm³/mol. The minimum Gasteiger partial charge on any atom is -0.341 e. The van der Waals surface area contributed by atoms with Gasteiger partial charge in [0.1, 0.15) is 0 Å². The molecule has 0 bridgehead atoms. The summed E-state index contributed by atoms with van der Waals surface area (Å²) in [6, 6.07) is 15.7. The number of carbonyl (C=O) groups excluding carboxylic acids is 1. The van der Waals surface area contributed by atoms with Crippen LogP contribution in [0.5, 0.6) is 0 Å². The normalized spacial score (nSPS) is 13.6. The highest BCUT2D eigenvalue weighted by Gasteiger charge is 2.29. The van der Waals surface area contributed by atoms with Crippen LogP contribution in [-0.4, -0.2) is 33.2 Å². The van der Waals surface area contributed by atoms with Gasteiger partial charge in [0.15, 0.2) is 5.16 Å². The van der Waals surface area contributed by atoms with Gasteiger partial charge in [0.25, 0.3) is 5.56 Å². The first-order valence-electron chi connectivity index (χ1n) is 9.47. The van der Waals surface area contributed by atoms with Crippen molar-refractivity contribution >= 4 is 28.6 Å². The van der Waals surface area contributed by atoms with E-state index >= 15 is 0 Å². The Balaban J connectivity index is 1.52. The Bertz CT molecular complexity index is 1090. The third-order valence-corrected chi connectivity index (χ3v) is 6.04. The molecular weight excluding hydrogens is 370 g/mol. The van der Waals surface area contributed by atoms with Crippen LogP contribution in [0.1, 0.15) is 30.0 Å². The molecule has 0 aliphatic heterocycles. The Morgan fingerprint density at radius 3 is 2.64 bits per heavy atom. The molecule has 2 aromatic carbocycles. The summed E-state index contributed by atoms with van der Waals surface area (Å²) in [7, 11) is 1.82. The zero-order valence-corrected chi connectivity index (χ0v) is 16.9. The average Bonchev–Trinajstić information content (AvgIpc) is 3.53. The molecule has 0 atom stereocenters. The van der Waals surface area contributed by atoms with E-state index in [0.717, 1.165) is 18.4 Å². The molecule has 0 unspecified atom stereocenters. The lowest BCUT2D eigenvalue weighted by atomic mass is 10.1. The summed E-state index contributed by atoms with van der Waals surface area (Å²) in [5.74, 6) is 0.290. The van der Waals surface area contributed by atoms with Crippen LogP contribution in [-0.2, 0) is 11.3 Å². The molecule has 1 fully saturated rings. The molecule has 1 aromatic heterocycles. The van der Waals surface area contributed by atoms with E-state index in [1.165, 1.54) is 17.3 Å². The Labute approximate surface area is 168 Å². The maximum Gasteiger partial charge on any atom is 0.262 e. The summed E-state index contributed by atoms with van der Waals surface area (Å²) in [5.41, 5.74) is 3.00. The highest BCUT2D eigenvalue weighted by molar-refractivity contribution is 7.99. The summed E-state index contributed by atoms with van der Waals surface area (Å²) in [5, 5.41) is 1.28. The van der Waals surface area contributed by atoms with Gasteiger partial charge in [-0.2, -0.15) is 0 Å². The number of aromatic nitrogens is 2. The summed E-state index contributed by atoms with van der Waals surface area (Å²) >= 11 is 1.36. The third kappa shape index (κ3) is 3.83. The van der Waals surface area contributed by atoms with Crippen LogP contribution in [0.2, 0.25) is 0 Å². The van der Waals surface area contributed by atoms with Crippen molar-refractivity contribution in [2.45, 2.75) is 37.5 Å². The second-order valence-electron chi connectivity index (χ2n) is 7.28. The Morgan fingerprint density at radius 2 is 1.89 bits per heavy atom. The first-order chi connectivity index (χ1) is 13.5. The van der Waals surface area contributed by atoms with E-state index in [-0.39, 0.29) is 23.3 Å². The van der Waals surface area contributed by atoms with E-state index in [4.69, 9.17) is 0 Å². The second kappa shape index (κ2) is 7.80. The first kappa shape index (κ1) is 18.7. The smallest absolute Gasteiger partial charge is 0.262 e. The molecule has 6 heteroatoms. The molecule has 0 N–H and O–H groups in total. The Hall–Kier alpha value is -2.60. The number of para-hydroxylation sites is 1. The number of rotatable bonds is 6. The van der Waals surface area contributed by atoms with Crippen molar-refractivity contribution in [3.05, 3.63) is 70.0 Å². The lowest BCUT2D eigenvalue weighted by molar-refractivity contribution is -0.127. The Kier molecular flexibility index (Phi) is 5.22. The van der Waals surface area contributed by atoms with Crippen molar-refractivity contribution in [3.8, 4) is 0 Å². The van der Waals surface area contributed by atoms with E-state index in [2.05, 4.69) is 18.0 Å². The number of amides is 1. The largest absolute Gasteiger partial charge is 0.341 e. The third-order valence-electron chi connectivity index (χ3n) is 5.11. The van der Waals surface area contributed by atoms with Crippen LogP contribution in [0.25, 0.3) is 10.9 Å². The van der Waals surface area contributed by atoms with E-state index in [1.807, 2.05) is 49.5 Å². The van der Waals surface area contributed by atoms with Gasteiger partial charge < -0.3 is 4.90 Å². The van der Waals surface area contributed by atoms with E-state index in [9.17, 15) is 9.59 Å². The molecule has 0 saturated heterocycles. The number of benzene rings is 2. The molecule has 1 amide bonds. The van der Waals surface area contributed by atoms with Gasteiger partial charge in [0.05, 0.1) is 16.7 Å². The highest BCUT2D eigenvalue weighted by atomic mass is 32.2. The molecule has 28 heavy (non-hydrogen) atoms. The lowest BCUT2D eigenvalue weighted by Crippen LogP contribution is -2.29. The lowest BCUT2D eigenvalue weighted by Gasteiger charge is -2.19. The van der Waals surface area contributed by atoms with Crippen LogP contribution >= 0.6 is 11.8 Å². The van der Waals surface area contributed by atoms with Gasteiger partial charge in [0.2, 0.25) is 5.91 Å². The highest BCUT2D eigenvalue weighted by Crippen LogP contribution is 2.36. The number of thioether (sulfide) groups is 1. The van der Waals surface area contributed by atoms with E-state index in [1.54, 1.807) is 9.47 Å². The molecule has 144 valence electrons. The summed E-state index contributed by atoms with van der Waals surface area (Å²) < 4.78 is 1.78. The fourth-order valence-electron chi connectivity index (χ4n) is 3.25. The summed E-state index contributed by atoms with van der Waals surface area (Å²) in [4.78, 5) is 32.0. The van der Waals surface area contributed by atoms with Crippen molar-refractivity contribution in [1.29, 1.82) is 0 Å². The van der Waals surface area contributed by atoms with Gasteiger partial charge in [-0.3, -0.25) is 14.2 Å². The number of nitrogens with zero attached hydrogens (tertiary/aromatic N) is 3. The quantitative estimate of drug-likeness (QED) is 0.472. The minimum atomic E-state index is -0.00341. The number of carbonyl (C=O) groups is 1. The average molecular weight is 394 g/mol. The SMILES string of the molecule is Cc1ccccc1CN(C)C(=O)CSc1nc2ccccc2c(=O)n1C1CC1. The molecule has 5 nitrogen and oxygen atoms in total. The van der Waals surface area contributed by atoms with Gasteiger partial charge >= 0.3 is 0 Å². The predicted octanol–water partition coefficient (Wildman–Crippen LogP) is 3.79. The van der Waals surface area contributed by atoms with Crippen molar-refractivity contribution in [1.82, 2.24) is 14.5 Å². The van der Waals surface area contributed by atoms with E-state index in [0.29, 0.717) is 22.6 Å². The van der Waals surface area contributed by atoms with Crippen LogP contribution < -0.4 is 5.56 Å². The summed E-state index contributed by atoms with van der Waals surface area (Å²) in [6.45, 7) is 2.63. The number of hydrogen-bond donors (Lipinski definition) is 0. The van der Waals surface area contributed by atoms with Gasteiger partial charge in [-0.15, -0.1) is 0 Å². The molecule has 1 saturated carbocycles. The van der Waals surface area contributed by atoms with Crippen LogP contribution in [0.15, 0.2) is 58.5 Å². The molecule has 0 spiro atoms. The van der Waals surface area contributed by atoms with Gasteiger partial charge in [-0.25, -0.2) is 4.98 Å². The van der Waals surface area contributed by atoms with Crippen molar-refractivity contribution < 1.29 is 4.79 Å². The molecule has 1 aliphatic carbocycles. The zero-order valence-electron chi connectivity index (χ0n) is 16.1. The van der Waals surface area contributed by atoms with Crippen molar-refractivity contribution in [3.63, 3.8) is 0 Å². The minimum absolute atomic E-state index is 0.00341. The van der Waals surface area contributed by atoms with Gasteiger partial charge in [-0.05, 0) is 43.0 Å².